The van der Waals surface area contributed by atoms with Gasteiger partial charge in [0.05, 0.1) is 11.1 Å². The lowest BCUT2D eigenvalue weighted by Gasteiger charge is -2.44. The van der Waals surface area contributed by atoms with Crippen molar-refractivity contribution < 1.29 is 4.79 Å². The summed E-state index contributed by atoms with van der Waals surface area (Å²) in [5, 5.41) is 3.35. The Balaban J connectivity index is 1.45. The molecule has 126 valence electrons. The largest absolute Gasteiger partial charge is 0.348 e. The summed E-state index contributed by atoms with van der Waals surface area (Å²) in [6, 6.07) is 6.58. The highest BCUT2D eigenvalue weighted by Gasteiger charge is 2.35. The van der Waals surface area contributed by atoms with Crippen LogP contribution in [0.5, 0.6) is 0 Å². The Morgan fingerprint density at radius 1 is 1.17 bits per heavy atom. The lowest BCUT2D eigenvalue weighted by atomic mass is 9.84. The van der Waals surface area contributed by atoms with Crippen molar-refractivity contribution in [3.63, 3.8) is 0 Å². The van der Waals surface area contributed by atoms with E-state index in [2.05, 4.69) is 26.9 Å². The van der Waals surface area contributed by atoms with E-state index in [9.17, 15) is 4.79 Å². The van der Waals surface area contributed by atoms with Crippen molar-refractivity contribution in [2.45, 2.75) is 44.6 Å². The maximum atomic E-state index is 13.0. The summed E-state index contributed by atoms with van der Waals surface area (Å²) in [7, 11) is 0. The normalized spacial score (nSPS) is 28.8. The van der Waals surface area contributed by atoms with Gasteiger partial charge < -0.3 is 14.6 Å². The van der Waals surface area contributed by atoms with E-state index < -0.39 is 0 Å². The molecule has 0 aromatic carbocycles. The number of pyridine rings is 1. The van der Waals surface area contributed by atoms with Crippen LogP contribution in [-0.2, 0) is 12.8 Å². The van der Waals surface area contributed by atoms with E-state index in [4.69, 9.17) is 0 Å². The van der Waals surface area contributed by atoms with Crippen LogP contribution in [0.15, 0.2) is 24.4 Å². The molecule has 4 heteroatoms. The molecular weight excluding hydrogens is 298 g/mol. The van der Waals surface area contributed by atoms with Gasteiger partial charge in [-0.3, -0.25) is 4.79 Å². The number of rotatable bonds is 2. The average molecular weight is 323 g/mol. The third-order valence-corrected chi connectivity index (χ3v) is 6.33. The number of nitrogens with zero attached hydrogens (tertiary/aromatic N) is 2. The molecule has 0 saturated carbocycles. The number of carbonyl (C=O) groups is 1. The molecule has 0 radical (unpaired) electrons. The molecule has 4 aliphatic rings. The van der Waals surface area contributed by atoms with Crippen molar-refractivity contribution >= 4 is 11.4 Å². The molecule has 1 unspecified atom stereocenters. The van der Waals surface area contributed by atoms with Crippen LogP contribution in [0.2, 0.25) is 0 Å². The van der Waals surface area contributed by atoms with Crippen molar-refractivity contribution in [1.29, 1.82) is 0 Å². The summed E-state index contributed by atoms with van der Waals surface area (Å²) >= 11 is 0. The molecule has 1 atom stereocenters. The number of aryl methyl sites for hydroxylation is 2. The van der Waals surface area contributed by atoms with Gasteiger partial charge in [0, 0.05) is 24.5 Å². The van der Waals surface area contributed by atoms with Crippen molar-refractivity contribution in [3.05, 3.63) is 41.2 Å². The molecule has 2 aromatic rings. The zero-order valence-corrected chi connectivity index (χ0v) is 14.1. The van der Waals surface area contributed by atoms with Gasteiger partial charge in [-0.05, 0) is 81.3 Å². The second kappa shape index (κ2) is 5.62. The fourth-order valence-corrected chi connectivity index (χ4v) is 4.98. The molecule has 1 N–H and O–H groups in total. The van der Waals surface area contributed by atoms with Crippen LogP contribution in [0.1, 0.15) is 47.3 Å². The fraction of sp³-hybridized carbons (Fsp3) is 0.550. The van der Waals surface area contributed by atoms with Gasteiger partial charge in [-0.1, -0.05) is 0 Å². The van der Waals surface area contributed by atoms with E-state index in [0.29, 0.717) is 12.0 Å². The third-order valence-electron chi connectivity index (χ3n) is 6.33. The summed E-state index contributed by atoms with van der Waals surface area (Å²) in [6.45, 7) is 3.44. The minimum absolute atomic E-state index is 0.106. The van der Waals surface area contributed by atoms with E-state index >= 15 is 0 Å². The first kappa shape index (κ1) is 14.5. The van der Waals surface area contributed by atoms with Gasteiger partial charge in [0.15, 0.2) is 0 Å². The number of fused-ring (bicyclic) bond motifs is 6. The van der Waals surface area contributed by atoms with Gasteiger partial charge >= 0.3 is 0 Å². The highest BCUT2D eigenvalue weighted by Crippen LogP contribution is 2.29. The Hall–Kier alpha value is -1.81. The van der Waals surface area contributed by atoms with Crippen LogP contribution >= 0.6 is 0 Å². The molecule has 6 rings (SSSR count). The van der Waals surface area contributed by atoms with Gasteiger partial charge in [0.1, 0.15) is 0 Å². The molecule has 3 aliphatic heterocycles. The van der Waals surface area contributed by atoms with Crippen LogP contribution < -0.4 is 5.32 Å². The van der Waals surface area contributed by atoms with Crippen LogP contribution in [0, 0.1) is 5.92 Å². The zero-order valence-electron chi connectivity index (χ0n) is 14.1. The number of nitrogens with one attached hydrogen (secondary N) is 1. The second-order valence-corrected chi connectivity index (χ2v) is 7.72. The lowest BCUT2D eigenvalue weighted by Crippen LogP contribution is -2.57. The summed E-state index contributed by atoms with van der Waals surface area (Å²) in [4.78, 5) is 15.5. The van der Waals surface area contributed by atoms with Crippen molar-refractivity contribution in [2.75, 3.05) is 19.6 Å². The summed E-state index contributed by atoms with van der Waals surface area (Å²) < 4.78 is 2.25. The summed E-state index contributed by atoms with van der Waals surface area (Å²) in [5.41, 5.74) is 4.77. The van der Waals surface area contributed by atoms with E-state index in [1.165, 1.54) is 50.0 Å². The highest BCUT2D eigenvalue weighted by molar-refractivity contribution is 6.01. The summed E-state index contributed by atoms with van der Waals surface area (Å²) in [5.74, 6) is 0.771. The molecule has 24 heavy (non-hydrogen) atoms. The Labute approximate surface area is 142 Å². The molecule has 4 nitrogen and oxygen atoms in total. The summed E-state index contributed by atoms with van der Waals surface area (Å²) in [6.07, 6.45) is 9.39. The SMILES string of the molecule is O=C(NC1CN2CCC1CC2)c1cccn2c3c(cc12)CCCC3. The van der Waals surface area contributed by atoms with Gasteiger partial charge in [-0.25, -0.2) is 0 Å². The molecule has 0 spiro atoms. The predicted molar refractivity (Wildman–Crippen MR) is 94.5 cm³/mol. The maximum Gasteiger partial charge on any atom is 0.253 e. The Bertz CT molecular complexity index is 786. The predicted octanol–water partition coefficient (Wildman–Crippen LogP) is 2.64. The number of hydrogen-bond donors (Lipinski definition) is 1. The van der Waals surface area contributed by atoms with Gasteiger partial charge in [0.25, 0.3) is 5.91 Å². The van der Waals surface area contributed by atoms with Gasteiger partial charge in [-0.15, -0.1) is 0 Å². The first-order valence-corrected chi connectivity index (χ1v) is 9.44. The van der Waals surface area contributed by atoms with E-state index in [-0.39, 0.29) is 5.91 Å². The van der Waals surface area contributed by atoms with E-state index in [0.717, 1.165) is 30.5 Å². The van der Waals surface area contributed by atoms with Crippen molar-refractivity contribution in [3.8, 4) is 0 Å². The Kier molecular flexibility index (Phi) is 3.40. The standard InChI is InChI=1S/C20H25N3O/c24-20(21-17-13-22-10-7-14(17)8-11-22)16-5-3-9-23-18-6-2-1-4-15(18)12-19(16)23/h3,5,9,12,14,17H,1-2,4,6-8,10-11,13H2,(H,21,24). The first-order valence-electron chi connectivity index (χ1n) is 9.44. The van der Waals surface area contributed by atoms with Gasteiger partial charge in [0.2, 0.25) is 0 Å². The van der Waals surface area contributed by atoms with Crippen molar-refractivity contribution in [2.24, 2.45) is 5.92 Å². The zero-order chi connectivity index (χ0) is 16.1. The fourth-order valence-electron chi connectivity index (χ4n) is 4.98. The molecular formula is C20H25N3O. The Morgan fingerprint density at radius 3 is 2.79 bits per heavy atom. The first-order chi connectivity index (χ1) is 11.8. The lowest BCUT2D eigenvalue weighted by molar-refractivity contribution is 0.0621. The van der Waals surface area contributed by atoms with Crippen molar-refractivity contribution in [1.82, 2.24) is 14.6 Å². The number of piperidine rings is 3. The number of carbonyl (C=O) groups excluding carboxylic acids is 1. The van der Waals surface area contributed by atoms with E-state index in [1.54, 1.807) is 0 Å². The number of amides is 1. The monoisotopic (exact) mass is 323 g/mol. The topological polar surface area (TPSA) is 36.8 Å². The van der Waals surface area contributed by atoms with Gasteiger partial charge in [-0.2, -0.15) is 0 Å². The maximum absolute atomic E-state index is 13.0. The van der Waals surface area contributed by atoms with Crippen LogP contribution in [0.3, 0.4) is 0 Å². The minimum Gasteiger partial charge on any atom is -0.348 e. The molecule has 2 bridgehead atoms. The molecule has 1 aliphatic carbocycles. The smallest absolute Gasteiger partial charge is 0.253 e. The Morgan fingerprint density at radius 2 is 2.00 bits per heavy atom. The second-order valence-electron chi connectivity index (χ2n) is 7.72. The minimum atomic E-state index is 0.106. The van der Waals surface area contributed by atoms with Crippen LogP contribution in [0.25, 0.3) is 5.52 Å². The highest BCUT2D eigenvalue weighted by atomic mass is 16.1. The van der Waals surface area contributed by atoms with Crippen LogP contribution in [0.4, 0.5) is 0 Å². The molecule has 3 saturated heterocycles. The molecule has 2 aromatic heterocycles. The van der Waals surface area contributed by atoms with Crippen LogP contribution in [-0.4, -0.2) is 40.9 Å². The molecule has 3 fully saturated rings. The average Bonchev–Trinajstić information content (AvgIpc) is 3.01. The number of hydrogen-bond acceptors (Lipinski definition) is 2. The molecule has 5 heterocycles. The molecule has 1 amide bonds. The van der Waals surface area contributed by atoms with E-state index in [1.807, 2.05) is 12.1 Å². The number of aromatic nitrogens is 1. The quantitative estimate of drug-likeness (QED) is 0.922. The third kappa shape index (κ3) is 2.27.